The first-order chi connectivity index (χ1) is 13.5. The Kier molecular flexibility index (Phi) is 4.77. The van der Waals surface area contributed by atoms with Gasteiger partial charge in [-0.1, -0.05) is 42.5 Å². The van der Waals surface area contributed by atoms with Crippen LogP contribution in [0, 0.1) is 0 Å². The SMILES string of the molecule is NS(=O)(=O)Cc1ccc(-c2cn(-c3ccccc3)nc2-c2ccncc2)cc1. The maximum Gasteiger partial charge on any atom is 0.213 e. The van der Waals surface area contributed by atoms with Crippen molar-refractivity contribution in [2.75, 3.05) is 0 Å². The predicted octanol–water partition coefficient (Wildman–Crippen LogP) is 3.39. The molecular formula is C21H18N4O2S. The van der Waals surface area contributed by atoms with Gasteiger partial charge in [-0.05, 0) is 35.4 Å². The van der Waals surface area contributed by atoms with E-state index in [1.165, 1.54) is 0 Å². The van der Waals surface area contributed by atoms with Crippen molar-refractivity contribution >= 4 is 10.0 Å². The Morgan fingerprint density at radius 2 is 1.54 bits per heavy atom. The fourth-order valence-electron chi connectivity index (χ4n) is 3.03. The summed E-state index contributed by atoms with van der Waals surface area (Å²) in [4.78, 5) is 4.08. The first-order valence-corrected chi connectivity index (χ1v) is 10.4. The summed E-state index contributed by atoms with van der Waals surface area (Å²) in [5.74, 6) is -0.187. The molecule has 2 aromatic carbocycles. The van der Waals surface area contributed by atoms with E-state index in [2.05, 4.69) is 4.98 Å². The largest absolute Gasteiger partial charge is 0.265 e. The predicted molar refractivity (Wildman–Crippen MR) is 109 cm³/mol. The lowest BCUT2D eigenvalue weighted by atomic mass is 10.0. The minimum absolute atomic E-state index is 0.187. The topological polar surface area (TPSA) is 90.9 Å². The number of benzene rings is 2. The van der Waals surface area contributed by atoms with E-state index in [4.69, 9.17) is 10.2 Å². The quantitative estimate of drug-likeness (QED) is 0.565. The Balaban J connectivity index is 1.80. The monoisotopic (exact) mass is 390 g/mol. The number of pyridine rings is 1. The second kappa shape index (κ2) is 7.38. The second-order valence-corrected chi connectivity index (χ2v) is 8.03. The molecule has 140 valence electrons. The highest BCUT2D eigenvalue weighted by molar-refractivity contribution is 7.88. The Hall–Kier alpha value is -3.29. The third-order valence-electron chi connectivity index (χ3n) is 4.32. The Labute approximate surface area is 163 Å². The van der Waals surface area contributed by atoms with Crippen LogP contribution in [0.5, 0.6) is 0 Å². The van der Waals surface area contributed by atoms with Crippen molar-refractivity contribution in [2.24, 2.45) is 5.14 Å². The summed E-state index contributed by atoms with van der Waals surface area (Å²) in [6.45, 7) is 0. The van der Waals surface area contributed by atoms with Crippen molar-refractivity contribution in [1.29, 1.82) is 0 Å². The highest BCUT2D eigenvalue weighted by Crippen LogP contribution is 2.32. The van der Waals surface area contributed by atoms with Gasteiger partial charge in [-0.15, -0.1) is 0 Å². The highest BCUT2D eigenvalue weighted by atomic mass is 32.2. The minimum Gasteiger partial charge on any atom is -0.265 e. The number of nitrogens with two attached hydrogens (primary N) is 1. The number of primary sulfonamides is 1. The van der Waals surface area contributed by atoms with Crippen LogP contribution in [-0.4, -0.2) is 23.2 Å². The molecule has 0 aliphatic heterocycles. The fourth-order valence-corrected chi connectivity index (χ4v) is 3.69. The number of hydrogen-bond donors (Lipinski definition) is 1. The molecule has 0 atom stereocenters. The van der Waals surface area contributed by atoms with Crippen molar-refractivity contribution in [3.05, 3.63) is 90.9 Å². The van der Waals surface area contributed by atoms with Gasteiger partial charge in [0.1, 0.15) is 5.69 Å². The zero-order valence-corrected chi connectivity index (χ0v) is 15.8. The average molecular weight is 390 g/mol. The van der Waals surface area contributed by atoms with Crippen LogP contribution in [0.2, 0.25) is 0 Å². The molecule has 6 nitrogen and oxygen atoms in total. The number of hydrogen-bond acceptors (Lipinski definition) is 4. The van der Waals surface area contributed by atoms with Gasteiger partial charge in [0.05, 0.1) is 11.4 Å². The van der Waals surface area contributed by atoms with Crippen LogP contribution in [-0.2, 0) is 15.8 Å². The van der Waals surface area contributed by atoms with Crippen LogP contribution in [0.15, 0.2) is 85.3 Å². The van der Waals surface area contributed by atoms with Crippen LogP contribution < -0.4 is 5.14 Å². The number of aromatic nitrogens is 3. The molecule has 2 N–H and O–H groups in total. The summed E-state index contributed by atoms with van der Waals surface area (Å²) in [5.41, 5.74) is 5.25. The van der Waals surface area contributed by atoms with Crippen molar-refractivity contribution in [3.63, 3.8) is 0 Å². The Morgan fingerprint density at radius 1 is 0.857 bits per heavy atom. The highest BCUT2D eigenvalue weighted by Gasteiger charge is 2.14. The average Bonchev–Trinajstić information content (AvgIpc) is 3.14. The molecule has 4 rings (SSSR count). The molecule has 0 unspecified atom stereocenters. The first-order valence-electron chi connectivity index (χ1n) is 8.65. The van der Waals surface area contributed by atoms with Crippen LogP contribution >= 0.6 is 0 Å². The number of sulfonamides is 1. The molecule has 7 heteroatoms. The zero-order chi connectivity index (χ0) is 19.6. The molecule has 0 radical (unpaired) electrons. The van der Waals surface area contributed by atoms with Gasteiger partial charge in [0.15, 0.2) is 0 Å². The minimum atomic E-state index is -3.56. The van der Waals surface area contributed by atoms with Crippen LogP contribution in [0.1, 0.15) is 5.56 Å². The van der Waals surface area contributed by atoms with Crippen molar-refractivity contribution < 1.29 is 8.42 Å². The first kappa shape index (κ1) is 18.1. The van der Waals surface area contributed by atoms with Gasteiger partial charge in [0.2, 0.25) is 10.0 Å². The van der Waals surface area contributed by atoms with Gasteiger partial charge >= 0.3 is 0 Å². The molecule has 2 aromatic heterocycles. The van der Waals surface area contributed by atoms with E-state index in [0.717, 1.165) is 28.1 Å². The number of nitrogens with zero attached hydrogens (tertiary/aromatic N) is 3. The Morgan fingerprint density at radius 3 is 2.18 bits per heavy atom. The van der Waals surface area contributed by atoms with Gasteiger partial charge in [-0.25, -0.2) is 18.2 Å². The summed E-state index contributed by atoms with van der Waals surface area (Å²) in [6, 6.07) is 21.0. The third kappa shape index (κ3) is 4.00. The molecule has 0 spiro atoms. The van der Waals surface area contributed by atoms with Crippen LogP contribution in [0.4, 0.5) is 0 Å². The van der Waals surface area contributed by atoms with Gasteiger partial charge < -0.3 is 0 Å². The van der Waals surface area contributed by atoms with E-state index in [0.29, 0.717) is 5.56 Å². The number of rotatable bonds is 5. The molecule has 2 heterocycles. The molecule has 0 aliphatic carbocycles. The maximum atomic E-state index is 11.3. The molecule has 0 fully saturated rings. The second-order valence-electron chi connectivity index (χ2n) is 6.41. The third-order valence-corrected chi connectivity index (χ3v) is 5.06. The molecule has 28 heavy (non-hydrogen) atoms. The summed E-state index contributed by atoms with van der Waals surface area (Å²) >= 11 is 0. The Bertz CT molecular complexity index is 1190. The maximum absolute atomic E-state index is 11.3. The van der Waals surface area contributed by atoms with Crippen LogP contribution in [0.3, 0.4) is 0 Å². The van der Waals surface area contributed by atoms with E-state index >= 15 is 0 Å². The molecular weight excluding hydrogens is 372 g/mol. The summed E-state index contributed by atoms with van der Waals surface area (Å²) in [6.07, 6.45) is 5.44. The lowest BCUT2D eigenvalue weighted by Crippen LogP contribution is -2.14. The molecule has 0 bridgehead atoms. The molecule has 0 aliphatic rings. The van der Waals surface area contributed by atoms with E-state index in [1.807, 2.05) is 65.5 Å². The normalized spacial score (nSPS) is 11.5. The van der Waals surface area contributed by atoms with Gasteiger partial charge in [-0.3, -0.25) is 4.98 Å². The molecule has 4 aromatic rings. The standard InChI is InChI=1S/C21H18N4O2S/c22-28(26,27)15-16-6-8-17(9-7-16)20-14-25(19-4-2-1-3-5-19)24-21(20)18-10-12-23-13-11-18/h1-14H,15H2,(H2,22,26,27). The van der Waals surface area contributed by atoms with Gasteiger partial charge in [0, 0.05) is 29.7 Å². The summed E-state index contributed by atoms with van der Waals surface area (Å²) in [5, 5.41) is 9.92. The van der Waals surface area contributed by atoms with Gasteiger partial charge in [-0.2, -0.15) is 5.10 Å². The van der Waals surface area contributed by atoms with Crippen molar-refractivity contribution in [1.82, 2.24) is 14.8 Å². The zero-order valence-electron chi connectivity index (χ0n) is 14.9. The summed E-state index contributed by atoms with van der Waals surface area (Å²) < 4.78 is 24.5. The molecule has 0 saturated carbocycles. The van der Waals surface area contributed by atoms with E-state index in [1.54, 1.807) is 24.5 Å². The van der Waals surface area contributed by atoms with Crippen molar-refractivity contribution in [3.8, 4) is 28.1 Å². The molecule has 0 amide bonds. The van der Waals surface area contributed by atoms with E-state index in [9.17, 15) is 8.42 Å². The number of para-hydroxylation sites is 1. The molecule has 0 saturated heterocycles. The van der Waals surface area contributed by atoms with Gasteiger partial charge in [0.25, 0.3) is 0 Å². The van der Waals surface area contributed by atoms with E-state index < -0.39 is 10.0 Å². The van der Waals surface area contributed by atoms with Crippen molar-refractivity contribution in [2.45, 2.75) is 5.75 Å². The fraction of sp³-hybridized carbons (Fsp3) is 0.0476. The smallest absolute Gasteiger partial charge is 0.213 e. The summed E-state index contributed by atoms with van der Waals surface area (Å²) in [7, 11) is -3.56. The van der Waals surface area contributed by atoms with Crippen LogP contribution in [0.25, 0.3) is 28.1 Å². The lowest BCUT2D eigenvalue weighted by molar-refractivity contribution is 0.597. The lowest BCUT2D eigenvalue weighted by Gasteiger charge is -2.04. The van der Waals surface area contributed by atoms with E-state index in [-0.39, 0.29) is 5.75 Å².